The van der Waals surface area contributed by atoms with E-state index in [4.69, 9.17) is 23.3 Å². The van der Waals surface area contributed by atoms with Crippen LogP contribution >= 0.6 is 7.82 Å². The van der Waals surface area contributed by atoms with Crippen LogP contribution in [0.3, 0.4) is 0 Å². The summed E-state index contributed by atoms with van der Waals surface area (Å²) in [5.41, 5.74) is 0. The highest BCUT2D eigenvalue weighted by Gasteiger charge is 2.28. The van der Waals surface area contributed by atoms with Crippen molar-refractivity contribution in [2.45, 2.75) is 264 Å². The molecule has 0 rings (SSSR count). The molecule has 0 aromatic rings. The maximum atomic E-state index is 13.0. The number of esters is 3. The normalized spacial score (nSPS) is 14.2. The molecule has 0 aliphatic heterocycles. The zero-order valence-electron chi connectivity index (χ0n) is 51.7. The molecule has 0 fully saturated rings. The van der Waals surface area contributed by atoms with Crippen LogP contribution < -0.4 is 0 Å². The van der Waals surface area contributed by atoms with Crippen LogP contribution in [0.25, 0.3) is 0 Å². The lowest BCUT2D eigenvalue weighted by Crippen LogP contribution is -2.30. The third-order valence-corrected chi connectivity index (χ3v) is 14.0. The maximum absolute atomic E-state index is 13.0. The predicted molar refractivity (Wildman–Crippen MR) is 343 cm³/mol. The van der Waals surface area contributed by atoms with Crippen molar-refractivity contribution in [3.63, 3.8) is 0 Å². The van der Waals surface area contributed by atoms with Gasteiger partial charge in [0, 0.05) is 19.3 Å². The SMILES string of the molecule is CC/C=C\C/C=C\C/C=C\C/C=C\C/C=C\C/C=C\CCC(=O)OC(COC(=O)CCCCCCCC/C=C\C/C=C\C/C=C\CCCCC)COP(=O)(O)OCC(CO)OC(=O)CCCCCCCCC/C=C\C/C=C\CCCCC. The van der Waals surface area contributed by atoms with Crippen LogP contribution in [0.5, 0.6) is 0 Å². The lowest BCUT2D eigenvalue weighted by atomic mass is 10.1. The first-order chi connectivity index (χ1) is 40.2. The van der Waals surface area contributed by atoms with Crippen LogP contribution in [0.2, 0.25) is 0 Å². The number of aliphatic hydroxyl groups is 1. The lowest BCUT2D eigenvalue weighted by molar-refractivity contribution is -0.161. The minimum atomic E-state index is -4.79. The van der Waals surface area contributed by atoms with Gasteiger partial charge in [-0.15, -0.1) is 0 Å². The molecule has 0 aromatic carbocycles. The minimum absolute atomic E-state index is 0.0321. The fraction of sp³-hybridized carbons (Fsp3) is 0.643. The number of unbranched alkanes of at least 4 members (excludes halogenated alkanes) is 19. The molecule has 0 bridgehead atoms. The molecular weight excluding hydrogens is 1050 g/mol. The van der Waals surface area contributed by atoms with Gasteiger partial charge >= 0.3 is 25.7 Å². The molecule has 3 atom stereocenters. The molecule has 0 heterocycles. The van der Waals surface area contributed by atoms with Crippen molar-refractivity contribution in [3.8, 4) is 0 Å². The van der Waals surface area contributed by atoms with Gasteiger partial charge in [0.15, 0.2) is 6.10 Å². The molecule has 0 amide bonds. The van der Waals surface area contributed by atoms with E-state index in [0.717, 1.165) is 122 Å². The number of allylic oxidation sites excluding steroid dienone is 22. The molecule has 0 saturated heterocycles. The molecule has 0 aromatic heterocycles. The van der Waals surface area contributed by atoms with Crippen LogP contribution in [0.1, 0.15) is 252 Å². The lowest BCUT2D eigenvalue weighted by Gasteiger charge is -2.21. The Morgan fingerprint density at radius 2 is 0.659 bits per heavy atom. The van der Waals surface area contributed by atoms with Crippen molar-refractivity contribution >= 4 is 25.7 Å². The Bertz CT molecular complexity index is 1890. The maximum Gasteiger partial charge on any atom is 0.472 e. The largest absolute Gasteiger partial charge is 0.472 e. The van der Waals surface area contributed by atoms with Gasteiger partial charge in [0.05, 0.1) is 19.8 Å². The number of hydrogen-bond acceptors (Lipinski definition) is 10. The van der Waals surface area contributed by atoms with Gasteiger partial charge in [-0.2, -0.15) is 0 Å². The Morgan fingerprint density at radius 1 is 0.354 bits per heavy atom. The van der Waals surface area contributed by atoms with E-state index in [9.17, 15) is 28.9 Å². The molecule has 0 spiro atoms. The van der Waals surface area contributed by atoms with Gasteiger partial charge in [-0.25, -0.2) is 4.57 Å². The molecule has 11 nitrogen and oxygen atoms in total. The Labute approximate surface area is 500 Å². The van der Waals surface area contributed by atoms with E-state index < -0.39 is 57.8 Å². The van der Waals surface area contributed by atoms with Crippen molar-refractivity contribution < 1.29 is 52.2 Å². The van der Waals surface area contributed by atoms with Gasteiger partial charge in [-0.05, 0) is 128 Å². The molecule has 0 saturated carbocycles. The zero-order chi connectivity index (χ0) is 59.8. The Hall–Kier alpha value is -4.38. The Kier molecular flexibility index (Phi) is 59.3. The molecule has 466 valence electrons. The third-order valence-electron chi connectivity index (χ3n) is 13.0. The number of aliphatic hydroxyl groups excluding tert-OH is 1. The monoisotopic (exact) mass is 1160 g/mol. The molecule has 0 aliphatic rings. The van der Waals surface area contributed by atoms with Crippen molar-refractivity contribution in [3.05, 3.63) is 134 Å². The number of ether oxygens (including phenoxy) is 3. The zero-order valence-corrected chi connectivity index (χ0v) is 52.6. The highest BCUT2D eigenvalue weighted by molar-refractivity contribution is 7.47. The number of phosphoric acid groups is 1. The van der Waals surface area contributed by atoms with Crippen LogP contribution in [-0.4, -0.2) is 66.5 Å². The van der Waals surface area contributed by atoms with Crippen molar-refractivity contribution in [2.24, 2.45) is 0 Å². The average Bonchev–Trinajstić information content (AvgIpc) is 3.50. The summed E-state index contributed by atoms with van der Waals surface area (Å²) >= 11 is 0. The van der Waals surface area contributed by atoms with Gasteiger partial charge in [-0.1, -0.05) is 238 Å². The summed E-state index contributed by atoms with van der Waals surface area (Å²) in [4.78, 5) is 48.7. The summed E-state index contributed by atoms with van der Waals surface area (Å²) in [5, 5.41) is 9.85. The standard InChI is InChI=1S/C70H115O11P/c1-4-7-10-13-16-19-22-25-28-31-33-36-38-41-44-47-50-53-56-59-68(72)77-63-67(81-70(74)61-58-55-52-49-46-43-40-37-34-32-29-26-23-20-17-14-11-8-5-2)65-79-82(75,76)78-64-66(62-71)80-69(73)60-57-54-51-48-45-42-39-35-30-27-24-21-18-15-12-9-6-3/h8,11,16-21,25-30,33-34,36-37,43,46,52,55,66-67,71H,4-7,9-10,12-15,22-24,31-32,35,38-42,44-45,47-51,53-54,56-65H2,1-3H3,(H,75,76)/b11-8-,19-16-,20-17-,21-18-,28-25-,29-26-,30-27-,36-33-,37-34-,46-43-,55-52-. The van der Waals surface area contributed by atoms with Crippen LogP contribution in [0, 0.1) is 0 Å². The quantitative estimate of drug-likeness (QED) is 0.0197. The second kappa shape index (κ2) is 62.7. The highest BCUT2D eigenvalue weighted by Crippen LogP contribution is 2.43. The van der Waals surface area contributed by atoms with Gasteiger partial charge in [0.1, 0.15) is 12.7 Å². The van der Waals surface area contributed by atoms with E-state index in [0.29, 0.717) is 25.7 Å². The van der Waals surface area contributed by atoms with Crippen LogP contribution in [-0.2, 0) is 42.2 Å². The van der Waals surface area contributed by atoms with E-state index in [1.54, 1.807) is 0 Å². The second-order valence-corrected chi connectivity index (χ2v) is 22.3. The van der Waals surface area contributed by atoms with Crippen molar-refractivity contribution in [1.29, 1.82) is 0 Å². The number of carbonyl (C=O) groups is 3. The summed E-state index contributed by atoms with van der Waals surface area (Å²) in [5.74, 6) is -1.60. The fourth-order valence-electron chi connectivity index (χ4n) is 8.18. The molecule has 2 N–H and O–H groups in total. The molecular formula is C70H115O11P. The average molecular weight is 1160 g/mol. The van der Waals surface area contributed by atoms with Gasteiger partial charge in [0.25, 0.3) is 0 Å². The summed E-state index contributed by atoms with van der Waals surface area (Å²) in [6.45, 7) is 4.38. The topological polar surface area (TPSA) is 155 Å². The summed E-state index contributed by atoms with van der Waals surface area (Å²) in [7, 11) is -4.79. The second-order valence-electron chi connectivity index (χ2n) is 20.8. The van der Waals surface area contributed by atoms with Crippen LogP contribution in [0.4, 0.5) is 0 Å². The van der Waals surface area contributed by atoms with Gasteiger partial charge in [0.2, 0.25) is 0 Å². The molecule has 3 unspecified atom stereocenters. The summed E-state index contributed by atoms with van der Waals surface area (Å²) < 4.78 is 39.6. The smallest absolute Gasteiger partial charge is 0.462 e. The highest BCUT2D eigenvalue weighted by atomic mass is 31.2. The Morgan fingerprint density at radius 3 is 1.05 bits per heavy atom. The van der Waals surface area contributed by atoms with E-state index in [1.165, 1.54) is 64.2 Å². The number of carbonyl (C=O) groups excluding carboxylic acids is 3. The predicted octanol–water partition coefficient (Wildman–Crippen LogP) is 19.7. The summed E-state index contributed by atoms with van der Waals surface area (Å²) in [6.07, 6.45) is 79.8. The van der Waals surface area contributed by atoms with E-state index >= 15 is 0 Å². The van der Waals surface area contributed by atoms with E-state index in [2.05, 4.69) is 142 Å². The number of phosphoric ester groups is 1. The molecule has 12 heteroatoms. The Balaban J connectivity index is 4.85. The molecule has 0 aliphatic carbocycles. The molecule has 0 radical (unpaired) electrons. The third kappa shape index (κ3) is 60.2. The van der Waals surface area contributed by atoms with Gasteiger partial charge in [-0.3, -0.25) is 23.4 Å². The summed E-state index contributed by atoms with van der Waals surface area (Å²) in [6, 6.07) is 0. The minimum Gasteiger partial charge on any atom is -0.462 e. The van der Waals surface area contributed by atoms with E-state index in [1.807, 2.05) is 12.2 Å². The van der Waals surface area contributed by atoms with Crippen LogP contribution in [0.15, 0.2) is 134 Å². The first-order valence-electron chi connectivity index (χ1n) is 32.1. The van der Waals surface area contributed by atoms with Gasteiger partial charge < -0.3 is 24.2 Å². The first-order valence-corrected chi connectivity index (χ1v) is 33.6. The number of hydrogen-bond donors (Lipinski definition) is 2. The van der Waals surface area contributed by atoms with Crippen molar-refractivity contribution in [2.75, 3.05) is 26.4 Å². The molecule has 82 heavy (non-hydrogen) atoms. The first kappa shape index (κ1) is 77.6. The number of rotatable bonds is 58. The van der Waals surface area contributed by atoms with E-state index in [-0.39, 0.29) is 25.9 Å². The fourth-order valence-corrected chi connectivity index (χ4v) is 8.97. The van der Waals surface area contributed by atoms with Crippen molar-refractivity contribution in [1.82, 2.24) is 0 Å².